The number of carbonyl (C=O) groups is 1. The Balaban J connectivity index is 0.00000208. The van der Waals surface area contributed by atoms with Crippen molar-refractivity contribution >= 4 is 29.7 Å². The van der Waals surface area contributed by atoms with Crippen LogP contribution in [0.5, 0.6) is 5.75 Å². The fraction of sp³-hybridized carbons (Fsp3) is 0.412. The molecule has 1 aromatic heterocycles. The van der Waals surface area contributed by atoms with Crippen molar-refractivity contribution in [3.63, 3.8) is 0 Å². The van der Waals surface area contributed by atoms with Crippen molar-refractivity contribution in [1.82, 2.24) is 15.6 Å². The second-order valence-electron chi connectivity index (χ2n) is 5.63. The van der Waals surface area contributed by atoms with Crippen LogP contribution >= 0.6 is 23.7 Å². The summed E-state index contributed by atoms with van der Waals surface area (Å²) in [6, 6.07) is 7.88. The van der Waals surface area contributed by atoms with Gasteiger partial charge in [0.1, 0.15) is 12.4 Å². The Kier molecular flexibility index (Phi) is 7.49. The minimum Gasteiger partial charge on any atom is -0.487 e. The highest BCUT2D eigenvalue weighted by molar-refractivity contribution is 7.07. The minimum atomic E-state index is -0.0851. The topological polar surface area (TPSA) is 63.2 Å². The molecule has 0 saturated carbocycles. The van der Waals surface area contributed by atoms with Crippen LogP contribution in [0.1, 0.15) is 30.5 Å². The van der Waals surface area contributed by atoms with E-state index in [2.05, 4.69) is 15.6 Å². The summed E-state index contributed by atoms with van der Waals surface area (Å²) in [4.78, 5) is 16.1. The second kappa shape index (κ2) is 9.61. The zero-order valence-electron chi connectivity index (χ0n) is 13.4. The number of hydrogen-bond acceptors (Lipinski definition) is 5. The van der Waals surface area contributed by atoms with E-state index in [0.29, 0.717) is 13.2 Å². The first kappa shape index (κ1) is 18.7. The molecular formula is C17H22ClN3O2S. The first-order valence-corrected chi connectivity index (χ1v) is 8.85. The normalized spacial score (nSPS) is 17.5. The van der Waals surface area contributed by atoms with Gasteiger partial charge in [-0.05, 0) is 37.0 Å². The fourth-order valence-electron chi connectivity index (χ4n) is 2.54. The van der Waals surface area contributed by atoms with E-state index in [1.165, 1.54) is 0 Å². The number of aromatic nitrogens is 1. The molecule has 1 aliphatic heterocycles. The van der Waals surface area contributed by atoms with Crippen molar-refractivity contribution in [1.29, 1.82) is 0 Å². The number of nitrogens with one attached hydrogen (secondary N) is 2. The Morgan fingerprint density at radius 1 is 1.29 bits per heavy atom. The van der Waals surface area contributed by atoms with Crippen LogP contribution in [0.4, 0.5) is 0 Å². The Hall–Kier alpha value is -1.63. The lowest BCUT2D eigenvalue weighted by molar-refractivity contribution is -0.122. The second-order valence-corrected chi connectivity index (χ2v) is 6.35. The van der Waals surface area contributed by atoms with Gasteiger partial charge in [0, 0.05) is 18.5 Å². The van der Waals surface area contributed by atoms with Crippen LogP contribution < -0.4 is 15.4 Å². The lowest BCUT2D eigenvalue weighted by Crippen LogP contribution is -2.42. The quantitative estimate of drug-likeness (QED) is 0.824. The lowest BCUT2D eigenvalue weighted by Gasteiger charge is -2.15. The molecule has 2 N–H and O–H groups in total. The molecule has 7 heteroatoms. The third-order valence-corrected chi connectivity index (χ3v) is 4.52. The molecule has 0 bridgehead atoms. The van der Waals surface area contributed by atoms with Crippen molar-refractivity contribution < 1.29 is 9.53 Å². The summed E-state index contributed by atoms with van der Waals surface area (Å²) >= 11 is 1.57. The molecule has 2 heterocycles. The van der Waals surface area contributed by atoms with Crippen molar-refractivity contribution in [3.05, 3.63) is 46.4 Å². The SMILES string of the molecule is Cl.O=C1NCCCCC1NCc1ccc(OCc2cscn2)cc1. The summed E-state index contributed by atoms with van der Waals surface area (Å²) in [5.74, 6) is 0.944. The summed E-state index contributed by atoms with van der Waals surface area (Å²) < 4.78 is 5.69. The maximum Gasteiger partial charge on any atom is 0.237 e. The van der Waals surface area contributed by atoms with Crippen LogP contribution in [-0.4, -0.2) is 23.5 Å². The number of halogens is 1. The smallest absolute Gasteiger partial charge is 0.237 e. The Labute approximate surface area is 152 Å². The molecule has 0 aliphatic carbocycles. The summed E-state index contributed by atoms with van der Waals surface area (Å²) in [7, 11) is 0. The van der Waals surface area contributed by atoms with E-state index in [0.717, 1.165) is 42.8 Å². The van der Waals surface area contributed by atoms with Gasteiger partial charge in [-0.1, -0.05) is 12.1 Å². The van der Waals surface area contributed by atoms with Gasteiger partial charge in [-0.15, -0.1) is 23.7 Å². The molecule has 24 heavy (non-hydrogen) atoms. The van der Waals surface area contributed by atoms with Crippen molar-refractivity contribution in [3.8, 4) is 5.75 Å². The summed E-state index contributed by atoms with van der Waals surface area (Å²) in [5.41, 5.74) is 3.89. The van der Waals surface area contributed by atoms with Crippen LogP contribution in [-0.2, 0) is 17.9 Å². The number of thiazole rings is 1. The van der Waals surface area contributed by atoms with E-state index >= 15 is 0 Å². The Bertz CT molecular complexity index is 619. The lowest BCUT2D eigenvalue weighted by atomic mass is 10.1. The van der Waals surface area contributed by atoms with Gasteiger partial charge in [0.2, 0.25) is 5.91 Å². The molecule has 2 aromatic rings. The molecular weight excluding hydrogens is 346 g/mol. The molecule has 1 atom stereocenters. The maximum absolute atomic E-state index is 11.9. The van der Waals surface area contributed by atoms with Crippen molar-refractivity contribution in [2.75, 3.05) is 6.54 Å². The predicted molar refractivity (Wildman–Crippen MR) is 97.6 cm³/mol. The summed E-state index contributed by atoms with van der Waals surface area (Å²) in [6.07, 6.45) is 3.05. The maximum atomic E-state index is 11.9. The third kappa shape index (κ3) is 5.47. The van der Waals surface area contributed by atoms with E-state index in [-0.39, 0.29) is 24.4 Å². The van der Waals surface area contributed by atoms with Crippen LogP contribution in [0.25, 0.3) is 0 Å². The van der Waals surface area contributed by atoms with Gasteiger partial charge in [-0.3, -0.25) is 4.79 Å². The summed E-state index contributed by atoms with van der Waals surface area (Å²) in [6.45, 7) is 1.97. The largest absolute Gasteiger partial charge is 0.487 e. The van der Waals surface area contributed by atoms with Gasteiger partial charge in [-0.25, -0.2) is 4.98 Å². The standard InChI is InChI=1S/C17H21N3O2S.ClH/c21-17-16(3-1-2-8-18-17)19-9-13-4-6-15(7-5-13)22-10-14-11-23-12-20-14;/h4-7,11-12,16,19H,1-3,8-10H2,(H,18,21);1H. The monoisotopic (exact) mass is 367 g/mol. The average molecular weight is 368 g/mol. The van der Waals surface area contributed by atoms with Gasteiger partial charge in [0.05, 0.1) is 17.2 Å². The number of rotatable bonds is 6. The third-order valence-electron chi connectivity index (χ3n) is 3.88. The van der Waals surface area contributed by atoms with E-state index in [4.69, 9.17) is 4.74 Å². The molecule has 1 saturated heterocycles. The number of ether oxygens (including phenoxy) is 1. The van der Waals surface area contributed by atoms with Crippen LogP contribution in [0.15, 0.2) is 35.2 Å². The van der Waals surface area contributed by atoms with Gasteiger partial charge < -0.3 is 15.4 Å². The highest BCUT2D eigenvalue weighted by Gasteiger charge is 2.19. The van der Waals surface area contributed by atoms with E-state index in [1.807, 2.05) is 29.6 Å². The summed E-state index contributed by atoms with van der Waals surface area (Å²) in [5, 5.41) is 8.27. The van der Waals surface area contributed by atoms with E-state index < -0.39 is 0 Å². The molecule has 0 radical (unpaired) electrons. The van der Waals surface area contributed by atoms with E-state index in [1.54, 1.807) is 16.8 Å². The molecule has 1 aliphatic rings. The molecule has 130 valence electrons. The Morgan fingerprint density at radius 3 is 2.88 bits per heavy atom. The number of amides is 1. The molecule has 3 rings (SSSR count). The highest BCUT2D eigenvalue weighted by Crippen LogP contribution is 2.15. The van der Waals surface area contributed by atoms with Crippen LogP contribution in [0, 0.1) is 0 Å². The van der Waals surface area contributed by atoms with Crippen LogP contribution in [0.3, 0.4) is 0 Å². The highest BCUT2D eigenvalue weighted by atomic mass is 35.5. The van der Waals surface area contributed by atoms with Crippen molar-refractivity contribution in [2.24, 2.45) is 0 Å². The van der Waals surface area contributed by atoms with Gasteiger partial charge in [0.15, 0.2) is 0 Å². The van der Waals surface area contributed by atoms with Gasteiger partial charge >= 0.3 is 0 Å². The zero-order chi connectivity index (χ0) is 15.9. The molecule has 1 fully saturated rings. The molecule has 1 unspecified atom stereocenters. The first-order chi connectivity index (χ1) is 11.3. The first-order valence-electron chi connectivity index (χ1n) is 7.91. The Morgan fingerprint density at radius 2 is 2.12 bits per heavy atom. The number of benzene rings is 1. The molecule has 0 spiro atoms. The molecule has 5 nitrogen and oxygen atoms in total. The fourth-order valence-corrected chi connectivity index (χ4v) is 3.09. The molecule has 1 amide bonds. The number of carbonyl (C=O) groups excluding carboxylic acids is 1. The number of nitrogens with zero attached hydrogens (tertiary/aromatic N) is 1. The van der Waals surface area contributed by atoms with Gasteiger partial charge in [0.25, 0.3) is 0 Å². The van der Waals surface area contributed by atoms with E-state index in [9.17, 15) is 4.79 Å². The number of hydrogen-bond donors (Lipinski definition) is 2. The van der Waals surface area contributed by atoms with Crippen molar-refractivity contribution in [2.45, 2.75) is 38.5 Å². The average Bonchev–Trinajstić information content (AvgIpc) is 3.01. The van der Waals surface area contributed by atoms with Gasteiger partial charge in [-0.2, -0.15) is 0 Å². The van der Waals surface area contributed by atoms with Crippen LogP contribution in [0.2, 0.25) is 0 Å². The minimum absolute atomic E-state index is 0. The zero-order valence-corrected chi connectivity index (χ0v) is 15.0. The predicted octanol–water partition coefficient (Wildman–Crippen LogP) is 2.90. The molecule has 1 aromatic carbocycles.